The van der Waals surface area contributed by atoms with Crippen molar-refractivity contribution >= 4 is 45.2 Å². The summed E-state index contributed by atoms with van der Waals surface area (Å²) >= 11 is 5.62. The number of rotatable bonds is 5. The Kier molecular flexibility index (Phi) is 6.67. The zero-order valence-electron chi connectivity index (χ0n) is 12.7. The van der Waals surface area contributed by atoms with Gasteiger partial charge >= 0.3 is 0 Å². The molecule has 2 aliphatic rings. The average molecular weight is 501 g/mol. The fraction of sp³-hybridized carbons (Fsp3) is 0.882. The van der Waals surface area contributed by atoms with Gasteiger partial charge in [0.2, 0.25) is 0 Å². The molecule has 3 heteroatoms. The van der Waals surface area contributed by atoms with E-state index < -0.39 is 0 Å². The quantitative estimate of drug-likeness (QED) is 0.295. The fourth-order valence-corrected chi connectivity index (χ4v) is 7.58. The van der Waals surface area contributed by atoms with Gasteiger partial charge in [-0.15, -0.1) is 0 Å². The first-order valence-corrected chi connectivity index (χ1v) is 10.5. The van der Waals surface area contributed by atoms with Crippen molar-refractivity contribution in [3.63, 3.8) is 0 Å². The number of unbranched alkanes of at least 4 members (excludes halogenated alkanes) is 1. The van der Waals surface area contributed by atoms with E-state index in [1.165, 1.54) is 57.8 Å². The molecule has 2 rings (SSSR count). The zero-order chi connectivity index (χ0) is 14.6. The van der Waals surface area contributed by atoms with E-state index >= 15 is 0 Å². The van der Waals surface area contributed by atoms with Crippen molar-refractivity contribution in [3.05, 3.63) is 12.2 Å². The van der Waals surface area contributed by atoms with Gasteiger partial charge in [-0.1, -0.05) is 89.9 Å². The van der Waals surface area contributed by atoms with Crippen LogP contribution in [0.25, 0.3) is 0 Å². The van der Waals surface area contributed by atoms with Gasteiger partial charge in [0.25, 0.3) is 0 Å². The van der Waals surface area contributed by atoms with Gasteiger partial charge in [-0.2, -0.15) is 0 Å². The molecule has 0 aromatic heterocycles. The Morgan fingerprint density at radius 2 is 1.95 bits per heavy atom. The second kappa shape index (κ2) is 7.62. The normalized spacial score (nSPS) is 42.8. The van der Waals surface area contributed by atoms with Crippen LogP contribution < -0.4 is 5.73 Å². The molecule has 1 nitrogen and oxygen atoms in total. The van der Waals surface area contributed by atoms with Gasteiger partial charge in [-0.05, 0) is 50.5 Å². The molecule has 0 bridgehead atoms. The smallest absolute Gasteiger partial charge is 0.0448 e. The fourth-order valence-electron chi connectivity index (χ4n) is 4.25. The lowest BCUT2D eigenvalue weighted by Crippen LogP contribution is -2.68. The van der Waals surface area contributed by atoms with Crippen LogP contribution in [0.5, 0.6) is 0 Å². The van der Waals surface area contributed by atoms with Gasteiger partial charge in [0.05, 0.1) is 0 Å². The molecule has 0 heterocycles. The molecule has 0 aromatic carbocycles. The average Bonchev–Trinajstić information content (AvgIpc) is 2.56. The number of hydrogen-bond acceptors (Lipinski definition) is 1. The van der Waals surface area contributed by atoms with Crippen LogP contribution >= 0.6 is 45.2 Å². The lowest BCUT2D eigenvalue weighted by Gasteiger charge is -2.65. The molecule has 1 saturated carbocycles. The van der Waals surface area contributed by atoms with E-state index in [0.717, 1.165) is 18.4 Å². The second-order valence-corrected chi connectivity index (χ2v) is 10.4. The monoisotopic (exact) mass is 501 g/mol. The molecule has 20 heavy (non-hydrogen) atoms. The summed E-state index contributed by atoms with van der Waals surface area (Å²) in [5.41, 5.74) is 5.96. The summed E-state index contributed by atoms with van der Waals surface area (Å²) in [6, 6.07) is 0. The third kappa shape index (κ3) is 3.10. The van der Waals surface area contributed by atoms with Crippen molar-refractivity contribution in [3.8, 4) is 0 Å². The van der Waals surface area contributed by atoms with Crippen molar-refractivity contribution in [2.75, 3.05) is 6.54 Å². The molecular formula is C17H29I2N. The Balaban J connectivity index is 2.23. The van der Waals surface area contributed by atoms with Crippen molar-refractivity contribution in [2.45, 2.75) is 71.6 Å². The highest BCUT2D eigenvalue weighted by Crippen LogP contribution is 2.68. The highest BCUT2D eigenvalue weighted by Gasteiger charge is 2.66. The molecule has 2 aliphatic carbocycles. The minimum absolute atomic E-state index is 0.390. The van der Waals surface area contributed by atoms with E-state index in [-0.39, 0.29) is 0 Å². The van der Waals surface area contributed by atoms with E-state index in [1.807, 2.05) is 0 Å². The molecule has 0 saturated heterocycles. The highest BCUT2D eigenvalue weighted by atomic mass is 127. The summed E-state index contributed by atoms with van der Waals surface area (Å²) in [6.07, 6.45) is 17.2. The van der Waals surface area contributed by atoms with E-state index in [9.17, 15) is 0 Å². The molecule has 0 radical (unpaired) electrons. The number of hydrogen-bond donors (Lipinski definition) is 1. The number of allylic oxidation sites excluding steroid dienone is 2. The van der Waals surface area contributed by atoms with Crippen LogP contribution in [0.15, 0.2) is 12.2 Å². The number of halogens is 2. The standard InChI is InChI=1S/C17H29I2N/c1-2-3-11-16(18)14-9-7-5-4-6-8-10-15(14)17(16,19)12-13-20/h8,10,14-15H,2-7,9,11-13,20H2,1H3/b10-8-. The van der Waals surface area contributed by atoms with Crippen molar-refractivity contribution in [1.82, 2.24) is 0 Å². The van der Waals surface area contributed by atoms with Gasteiger partial charge in [0, 0.05) is 6.84 Å². The largest absolute Gasteiger partial charge is 0.330 e. The van der Waals surface area contributed by atoms with Gasteiger partial charge in [0.15, 0.2) is 0 Å². The van der Waals surface area contributed by atoms with Crippen LogP contribution in [0.2, 0.25) is 0 Å². The van der Waals surface area contributed by atoms with Gasteiger partial charge in [-0.25, -0.2) is 0 Å². The SMILES string of the molecule is CCCCC1(I)C2CCCCC/C=C\C2C1(I)CCN. The summed E-state index contributed by atoms with van der Waals surface area (Å²) in [5, 5.41) is 0. The zero-order valence-corrected chi connectivity index (χ0v) is 17.0. The summed E-state index contributed by atoms with van der Waals surface area (Å²) in [6.45, 7) is 3.15. The predicted molar refractivity (Wildman–Crippen MR) is 106 cm³/mol. The van der Waals surface area contributed by atoms with Gasteiger partial charge in [0.1, 0.15) is 0 Å². The maximum absolute atomic E-state index is 5.96. The maximum Gasteiger partial charge on any atom is 0.0448 e. The summed E-state index contributed by atoms with van der Waals surface area (Å²) in [4.78, 5) is 0. The van der Waals surface area contributed by atoms with E-state index in [4.69, 9.17) is 5.73 Å². The molecule has 2 N–H and O–H groups in total. The lowest BCUT2D eigenvalue weighted by atomic mass is 9.52. The molecule has 0 aromatic rings. The Morgan fingerprint density at radius 3 is 2.65 bits per heavy atom. The van der Waals surface area contributed by atoms with Crippen LogP contribution in [0.3, 0.4) is 0 Å². The first-order chi connectivity index (χ1) is 9.60. The first kappa shape index (κ1) is 17.5. The first-order valence-electron chi connectivity index (χ1n) is 8.34. The summed E-state index contributed by atoms with van der Waals surface area (Å²) in [5.74, 6) is 1.64. The van der Waals surface area contributed by atoms with Crippen molar-refractivity contribution < 1.29 is 0 Å². The van der Waals surface area contributed by atoms with Crippen LogP contribution in [0.4, 0.5) is 0 Å². The topological polar surface area (TPSA) is 26.0 Å². The summed E-state index contributed by atoms with van der Waals surface area (Å²) < 4.78 is 0.862. The Labute approximate surface area is 152 Å². The molecular weight excluding hydrogens is 472 g/mol. The second-order valence-electron chi connectivity index (χ2n) is 6.57. The molecule has 4 atom stereocenters. The van der Waals surface area contributed by atoms with Crippen LogP contribution in [0, 0.1) is 11.8 Å². The number of alkyl halides is 2. The van der Waals surface area contributed by atoms with Crippen molar-refractivity contribution in [1.29, 1.82) is 0 Å². The van der Waals surface area contributed by atoms with Crippen LogP contribution in [-0.2, 0) is 0 Å². The van der Waals surface area contributed by atoms with E-state index in [1.54, 1.807) is 0 Å². The number of nitrogens with two attached hydrogens (primary N) is 1. The van der Waals surface area contributed by atoms with Gasteiger partial charge < -0.3 is 5.73 Å². The molecule has 0 aliphatic heterocycles. The predicted octanol–water partition coefficient (Wildman–Crippen LogP) is 5.64. The number of fused-ring (bicyclic) bond motifs is 1. The minimum Gasteiger partial charge on any atom is -0.330 e. The Bertz CT molecular complexity index is 344. The molecule has 4 unspecified atom stereocenters. The minimum atomic E-state index is 0.390. The third-order valence-electron chi connectivity index (χ3n) is 5.37. The molecule has 116 valence electrons. The molecule has 0 spiro atoms. The third-order valence-corrected chi connectivity index (χ3v) is 10.9. The highest BCUT2D eigenvalue weighted by molar-refractivity contribution is 14.1. The summed E-state index contributed by atoms with van der Waals surface area (Å²) in [7, 11) is 0. The Morgan fingerprint density at radius 1 is 1.15 bits per heavy atom. The molecule has 0 amide bonds. The van der Waals surface area contributed by atoms with Crippen LogP contribution in [-0.4, -0.2) is 13.4 Å². The van der Waals surface area contributed by atoms with E-state index in [0.29, 0.717) is 6.84 Å². The van der Waals surface area contributed by atoms with Gasteiger partial charge in [-0.3, -0.25) is 0 Å². The maximum atomic E-state index is 5.96. The molecule has 1 fully saturated rings. The van der Waals surface area contributed by atoms with Crippen molar-refractivity contribution in [2.24, 2.45) is 17.6 Å². The van der Waals surface area contributed by atoms with Crippen LogP contribution in [0.1, 0.15) is 64.7 Å². The lowest BCUT2D eigenvalue weighted by molar-refractivity contribution is 0.0785. The Hall–Kier alpha value is 1.16. The van der Waals surface area contributed by atoms with E-state index in [2.05, 4.69) is 64.3 Å².